The Morgan fingerprint density at radius 1 is 0.714 bits per heavy atom. The molecule has 0 aromatic heterocycles. The highest BCUT2D eigenvalue weighted by Crippen LogP contribution is 1.97. The third-order valence-electron chi connectivity index (χ3n) is 1.95. The van der Waals surface area contributed by atoms with Gasteiger partial charge in [-0.3, -0.25) is 10.6 Å². The number of hydrogen-bond donors (Lipinski definition) is 2. The van der Waals surface area contributed by atoms with Crippen molar-refractivity contribution in [3.63, 3.8) is 0 Å². The Balaban J connectivity index is 2.78. The monoisotopic (exact) mass is 204 g/mol. The first-order valence-corrected chi connectivity index (χ1v) is 5.31. The molecule has 4 nitrogen and oxygen atoms in total. The minimum absolute atomic E-state index is 0.662. The van der Waals surface area contributed by atoms with Crippen molar-refractivity contribution in [2.24, 2.45) is 0 Å². The fraction of sp³-hybridized carbons (Fsp3) is 1.00. The molecule has 0 saturated heterocycles. The van der Waals surface area contributed by atoms with Crippen LogP contribution in [0.2, 0.25) is 0 Å². The average molecular weight is 204 g/mol. The smallest absolute Gasteiger partial charge is 0.0961 e. The summed E-state index contributed by atoms with van der Waals surface area (Å²) in [6, 6.07) is 0. The molecule has 0 unspecified atom stereocenters. The number of rotatable bonds is 11. The fourth-order valence-electron chi connectivity index (χ4n) is 1.20. The molecule has 0 aliphatic heterocycles. The van der Waals surface area contributed by atoms with E-state index in [1.165, 1.54) is 25.7 Å². The largest absolute Gasteiger partial charge is 0.370 e. The molecule has 0 amide bonds. The Kier molecular flexibility index (Phi) is 12.7. The van der Waals surface area contributed by atoms with Gasteiger partial charge in [0.1, 0.15) is 0 Å². The first-order chi connectivity index (χ1) is 6.91. The normalized spacial score (nSPS) is 10.7. The van der Waals surface area contributed by atoms with Gasteiger partial charge < -0.3 is 9.47 Å². The summed E-state index contributed by atoms with van der Waals surface area (Å²) in [7, 11) is 3.41. The molecule has 0 aliphatic rings. The molecule has 0 heterocycles. The summed E-state index contributed by atoms with van der Waals surface area (Å²) >= 11 is 0. The molecule has 4 heteroatoms. The van der Waals surface area contributed by atoms with Gasteiger partial charge in [0.25, 0.3) is 0 Å². The highest BCUT2D eigenvalue weighted by atomic mass is 16.5. The molecule has 0 aromatic carbocycles. The molecule has 0 aromatic rings. The summed E-state index contributed by atoms with van der Waals surface area (Å²) in [5.41, 5.74) is 0. The topological polar surface area (TPSA) is 42.5 Å². The Morgan fingerprint density at radius 2 is 1.14 bits per heavy atom. The molecule has 0 saturated carbocycles. The standard InChI is InChI=1S/C10H24N2O2/c1-13-9-11-7-5-3-4-6-8-12-10-14-2/h11-12H,3-10H2,1-2H3. The van der Waals surface area contributed by atoms with E-state index in [0.717, 1.165) is 13.1 Å². The predicted molar refractivity (Wildman–Crippen MR) is 58.2 cm³/mol. The first kappa shape index (κ1) is 13.8. The van der Waals surface area contributed by atoms with E-state index in [9.17, 15) is 0 Å². The van der Waals surface area contributed by atoms with E-state index in [1.807, 2.05) is 0 Å². The van der Waals surface area contributed by atoms with Crippen LogP contribution in [0.3, 0.4) is 0 Å². The predicted octanol–water partition coefficient (Wildman–Crippen LogP) is 0.934. The van der Waals surface area contributed by atoms with Crippen molar-refractivity contribution in [1.82, 2.24) is 10.6 Å². The van der Waals surface area contributed by atoms with Gasteiger partial charge >= 0.3 is 0 Å². The van der Waals surface area contributed by atoms with Crippen molar-refractivity contribution in [2.45, 2.75) is 25.7 Å². The molecule has 0 fully saturated rings. The zero-order valence-electron chi connectivity index (χ0n) is 9.47. The summed E-state index contributed by atoms with van der Waals surface area (Å²) < 4.78 is 9.76. The SMILES string of the molecule is COCNCCCCCCNCOC. The number of hydrogen-bond acceptors (Lipinski definition) is 4. The van der Waals surface area contributed by atoms with Crippen LogP contribution < -0.4 is 10.6 Å². The Hall–Kier alpha value is -0.160. The number of ether oxygens (including phenoxy) is 2. The van der Waals surface area contributed by atoms with Crippen molar-refractivity contribution >= 4 is 0 Å². The molecule has 0 spiro atoms. The minimum Gasteiger partial charge on any atom is -0.370 e. The van der Waals surface area contributed by atoms with Gasteiger partial charge in [-0.2, -0.15) is 0 Å². The third-order valence-corrected chi connectivity index (χ3v) is 1.95. The zero-order chi connectivity index (χ0) is 10.5. The van der Waals surface area contributed by atoms with Crippen LogP contribution in [-0.4, -0.2) is 40.8 Å². The molecular weight excluding hydrogens is 180 g/mol. The van der Waals surface area contributed by atoms with Crippen LogP contribution >= 0.6 is 0 Å². The summed E-state index contributed by atoms with van der Waals surface area (Å²) in [6.07, 6.45) is 5.03. The van der Waals surface area contributed by atoms with Gasteiger partial charge in [-0.25, -0.2) is 0 Å². The van der Waals surface area contributed by atoms with E-state index in [2.05, 4.69) is 10.6 Å². The van der Waals surface area contributed by atoms with Crippen LogP contribution in [-0.2, 0) is 9.47 Å². The van der Waals surface area contributed by atoms with Crippen molar-refractivity contribution in [2.75, 3.05) is 40.8 Å². The third kappa shape index (κ3) is 11.8. The Bertz CT molecular complexity index is 90.1. The fourth-order valence-corrected chi connectivity index (χ4v) is 1.20. The van der Waals surface area contributed by atoms with Crippen LogP contribution in [0.5, 0.6) is 0 Å². The van der Waals surface area contributed by atoms with Gasteiger partial charge in [-0.1, -0.05) is 12.8 Å². The van der Waals surface area contributed by atoms with Gasteiger partial charge in [-0.05, 0) is 25.9 Å². The van der Waals surface area contributed by atoms with Crippen molar-refractivity contribution < 1.29 is 9.47 Å². The first-order valence-electron chi connectivity index (χ1n) is 5.31. The zero-order valence-corrected chi connectivity index (χ0v) is 9.47. The molecule has 2 N–H and O–H groups in total. The quantitative estimate of drug-likeness (QED) is 0.388. The van der Waals surface area contributed by atoms with Crippen molar-refractivity contribution in [3.8, 4) is 0 Å². The molecule has 0 aliphatic carbocycles. The maximum absolute atomic E-state index is 4.88. The minimum atomic E-state index is 0.662. The molecule has 86 valence electrons. The van der Waals surface area contributed by atoms with Gasteiger partial charge in [0.05, 0.1) is 13.5 Å². The lowest BCUT2D eigenvalue weighted by atomic mass is 10.2. The Morgan fingerprint density at radius 3 is 1.50 bits per heavy atom. The van der Waals surface area contributed by atoms with Crippen LogP contribution in [0.1, 0.15) is 25.7 Å². The molecule has 0 radical (unpaired) electrons. The summed E-state index contributed by atoms with van der Waals surface area (Å²) in [5, 5.41) is 6.38. The summed E-state index contributed by atoms with van der Waals surface area (Å²) in [6.45, 7) is 3.43. The number of nitrogens with one attached hydrogen (secondary N) is 2. The lowest BCUT2D eigenvalue weighted by Gasteiger charge is -2.04. The van der Waals surface area contributed by atoms with E-state index < -0.39 is 0 Å². The molecular formula is C10H24N2O2. The molecule has 14 heavy (non-hydrogen) atoms. The highest BCUT2D eigenvalue weighted by Gasteiger charge is 1.90. The molecule has 0 atom stereocenters. The lowest BCUT2D eigenvalue weighted by Crippen LogP contribution is -2.18. The van der Waals surface area contributed by atoms with E-state index >= 15 is 0 Å². The lowest BCUT2D eigenvalue weighted by molar-refractivity contribution is 0.174. The van der Waals surface area contributed by atoms with Crippen LogP contribution in [0.4, 0.5) is 0 Å². The van der Waals surface area contributed by atoms with Gasteiger partial charge in [-0.15, -0.1) is 0 Å². The number of methoxy groups -OCH3 is 2. The van der Waals surface area contributed by atoms with Crippen LogP contribution in [0, 0.1) is 0 Å². The molecule has 0 bridgehead atoms. The van der Waals surface area contributed by atoms with Crippen LogP contribution in [0.25, 0.3) is 0 Å². The Labute approximate surface area is 87.4 Å². The summed E-state index contributed by atoms with van der Waals surface area (Å²) in [5.74, 6) is 0. The van der Waals surface area contributed by atoms with E-state index in [0.29, 0.717) is 13.5 Å². The summed E-state index contributed by atoms with van der Waals surface area (Å²) in [4.78, 5) is 0. The highest BCUT2D eigenvalue weighted by molar-refractivity contribution is 4.48. The second-order valence-corrected chi connectivity index (χ2v) is 3.28. The van der Waals surface area contributed by atoms with Crippen molar-refractivity contribution in [3.05, 3.63) is 0 Å². The number of unbranched alkanes of at least 4 members (excludes halogenated alkanes) is 3. The van der Waals surface area contributed by atoms with E-state index in [1.54, 1.807) is 14.2 Å². The molecule has 0 rings (SSSR count). The van der Waals surface area contributed by atoms with Crippen molar-refractivity contribution in [1.29, 1.82) is 0 Å². The second kappa shape index (κ2) is 12.8. The van der Waals surface area contributed by atoms with E-state index in [-0.39, 0.29) is 0 Å². The average Bonchev–Trinajstić information content (AvgIpc) is 2.21. The van der Waals surface area contributed by atoms with Gasteiger partial charge in [0.15, 0.2) is 0 Å². The second-order valence-electron chi connectivity index (χ2n) is 3.28. The van der Waals surface area contributed by atoms with Gasteiger partial charge in [0, 0.05) is 14.2 Å². The maximum Gasteiger partial charge on any atom is 0.0961 e. The van der Waals surface area contributed by atoms with E-state index in [4.69, 9.17) is 9.47 Å². The maximum atomic E-state index is 4.88. The van der Waals surface area contributed by atoms with Crippen LogP contribution in [0.15, 0.2) is 0 Å². The van der Waals surface area contributed by atoms with Gasteiger partial charge in [0.2, 0.25) is 0 Å².